The molecule has 0 aliphatic heterocycles. The molecule has 6 heteroatoms. The van der Waals surface area contributed by atoms with E-state index in [-0.39, 0.29) is 23.2 Å². The van der Waals surface area contributed by atoms with Crippen LogP contribution in [0.15, 0.2) is 12.2 Å². The SMILES string of the molecule is CCOC(=O)/C=C/COC(C)(C)CCCCC(C)(C)NC(=O)OC(C)(C)C. The minimum atomic E-state index is -0.497. The zero-order valence-corrected chi connectivity index (χ0v) is 18.4. The summed E-state index contributed by atoms with van der Waals surface area (Å²) in [7, 11) is 0. The monoisotopic (exact) mass is 385 g/mol. The molecule has 6 nitrogen and oxygen atoms in total. The summed E-state index contributed by atoms with van der Waals surface area (Å²) in [6.07, 6.45) is 6.37. The molecular formula is C21H39NO5. The number of carbonyl (C=O) groups excluding carboxylic acids is 2. The highest BCUT2D eigenvalue weighted by molar-refractivity contribution is 5.81. The van der Waals surface area contributed by atoms with E-state index in [9.17, 15) is 9.59 Å². The molecule has 0 unspecified atom stereocenters. The van der Waals surface area contributed by atoms with Crippen LogP contribution in [0.5, 0.6) is 0 Å². The van der Waals surface area contributed by atoms with Crippen molar-refractivity contribution >= 4 is 12.1 Å². The summed E-state index contributed by atoms with van der Waals surface area (Å²) in [6, 6.07) is 0. The average Bonchev–Trinajstić information content (AvgIpc) is 2.46. The van der Waals surface area contributed by atoms with Crippen LogP contribution in [0.2, 0.25) is 0 Å². The normalized spacial score (nSPS) is 12.9. The Labute approximate surface area is 165 Å². The molecule has 0 heterocycles. The van der Waals surface area contributed by atoms with E-state index in [0.29, 0.717) is 13.2 Å². The maximum absolute atomic E-state index is 11.9. The van der Waals surface area contributed by atoms with Gasteiger partial charge in [-0.2, -0.15) is 0 Å². The fourth-order valence-corrected chi connectivity index (χ4v) is 2.44. The van der Waals surface area contributed by atoms with Crippen LogP contribution in [0, 0.1) is 0 Å². The van der Waals surface area contributed by atoms with Gasteiger partial charge in [0.2, 0.25) is 0 Å². The Hall–Kier alpha value is -1.56. The molecule has 0 radical (unpaired) electrons. The van der Waals surface area contributed by atoms with Crippen molar-refractivity contribution in [3.63, 3.8) is 0 Å². The van der Waals surface area contributed by atoms with E-state index in [1.54, 1.807) is 13.0 Å². The highest BCUT2D eigenvalue weighted by Crippen LogP contribution is 2.21. The summed E-state index contributed by atoms with van der Waals surface area (Å²) in [4.78, 5) is 23.1. The standard InChI is InChI=1S/C21H39NO5/c1-9-25-17(23)13-12-16-26-21(7,8)15-11-10-14-20(5,6)22-18(24)27-19(2,3)4/h12-13H,9-11,14-16H2,1-8H3,(H,22,24)/b13-12+. The first-order chi connectivity index (χ1) is 12.3. The molecule has 0 aliphatic carbocycles. The number of hydrogen-bond donors (Lipinski definition) is 1. The van der Waals surface area contributed by atoms with Crippen molar-refractivity contribution < 1.29 is 23.8 Å². The molecule has 27 heavy (non-hydrogen) atoms. The van der Waals surface area contributed by atoms with Crippen molar-refractivity contribution in [2.24, 2.45) is 0 Å². The first-order valence-corrected chi connectivity index (χ1v) is 9.75. The molecule has 0 aliphatic rings. The minimum absolute atomic E-state index is 0.276. The summed E-state index contributed by atoms with van der Waals surface area (Å²) in [5.41, 5.74) is -1.10. The molecule has 0 saturated carbocycles. The molecule has 0 bridgehead atoms. The summed E-state index contributed by atoms with van der Waals surface area (Å²) >= 11 is 0. The van der Waals surface area contributed by atoms with Gasteiger partial charge in [-0.15, -0.1) is 0 Å². The van der Waals surface area contributed by atoms with Crippen LogP contribution in [0.4, 0.5) is 4.79 Å². The second-order valence-corrected chi connectivity index (χ2v) is 8.94. The number of unbranched alkanes of at least 4 members (excludes halogenated alkanes) is 1. The highest BCUT2D eigenvalue weighted by atomic mass is 16.6. The van der Waals surface area contributed by atoms with E-state index in [2.05, 4.69) is 5.32 Å². The van der Waals surface area contributed by atoms with E-state index in [1.165, 1.54) is 6.08 Å². The Kier molecular flexibility index (Phi) is 10.7. The lowest BCUT2D eigenvalue weighted by atomic mass is 9.94. The van der Waals surface area contributed by atoms with Gasteiger partial charge in [-0.1, -0.05) is 18.9 Å². The van der Waals surface area contributed by atoms with Crippen LogP contribution in [-0.4, -0.2) is 42.0 Å². The third-order valence-electron chi connectivity index (χ3n) is 3.78. The van der Waals surface area contributed by atoms with Gasteiger partial charge in [0.25, 0.3) is 0 Å². The van der Waals surface area contributed by atoms with Gasteiger partial charge in [0.15, 0.2) is 0 Å². The Morgan fingerprint density at radius 3 is 2.11 bits per heavy atom. The van der Waals surface area contributed by atoms with Crippen LogP contribution in [0.3, 0.4) is 0 Å². The zero-order valence-electron chi connectivity index (χ0n) is 18.4. The van der Waals surface area contributed by atoms with E-state index in [1.807, 2.05) is 48.5 Å². The number of nitrogens with one attached hydrogen (secondary N) is 1. The highest BCUT2D eigenvalue weighted by Gasteiger charge is 2.25. The molecule has 158 valence electrons. The number of carbonyl (C=O) groups is 2. The van der Waals surface area contributed by atoms with E-state index < -0.39 is 5.60 Å². The summed E-state index contributed by atoms with van der Waals surface area (Å²) in [6.45, 7) is 16.1. The van der Waals surface area contributed by atoms with Crippen molar-refractivity contribution in [2.75, 3.05) is 13.2 Å². The summed E-state index contributed by atoms with van der Waals surface area (Å²) in [5, 5.41) is 2.93. The van der Waals surface area contributed by atoms with Gasteiger partial charge in [-0.05, 0) is 68.2 Å². The minimum Gasteiger partial charge on any atom is -0.463 e. The molecule has 0 aromatic heterocycles. The lowest BCUT2D eigenvalue weighted by molar-refractivity contribution is -0.137. The smallest absolute Gasteiger partial charge is 0.408 e. The van der Waals surface area contributed by atoms with Gasteiger partial charge in [0.05, 0.1) is 18.8 Å². The average molecular weight is 386 g/mol. The zero-order chi connectivity index (χ0) is 21.1. The predicted molar refractivity (Wildman–Crippen MR) is 108 cm³/mol. The molecule has 0 rings (SSSR count). The Morgan fingerprint density at radius 1 is 0.963 bits per heavy atom. The maximum atomic E-state index is 11.9. The number of alkyl carbamates (subject to hydrolysis) is 1. The maximum Gasteiger partial charge on any atom is 0.408 e. The third-order valence-corrected chi connectivity index (χ3v) is 3.78. The van der Waals surface area contributed by atoms with Crippen LogP contribution in [0.25, 0.3) is 0 Å². The number of amides is 1. The van der Waals surface area contributed by atoms with Gasteiger partial charge in [-0.25, -0.2) is 9.59 Å². The Balaban J connectivity index is 4.12. The molecule has 0 aromatic carbocycles. The molecule has 1 N–H and O–H groups in total. The third kappa shape index (κ3) is 15.2. The largest absolute Gasteiger partial charge is 0.463 e. The van der Waals surface area contributed by atoms with Gasteiger partial charge in [0.1, 0.15) is 5.60 Å². The molecular weight excluding hydrogens is 346 g/mol. The number of hydrogen-bond acceptors (Lipinski definition) is 5. The molecule has 0 spiro atoms. The first kappa shape index (κ1) is 25.4. The van der Waals surface area contributed by atoms with E-state index in [4.69, 9.17) is 14.2 Å². The second-order valence-electron chi connectivity index (χ2n) is 8.94. The van der Waals surface area contributed by atoms with Crippen molar-refractivity contribution in [3.05, 3.63) is 12.2 Å². The van der Waals surface area contributed by atoms with Crippen LogP contribution < -0.4 is 5.32 Å². The van der Waals surface area contributed by atoms with Crippen molar-refractivity contribution in [3.8, 4) is 0 Å². The fourth-order valence-electron chi connectivity index (χ4n) is 2.44. The quantitative estimate of drug-likeness (QED) is 0.315. The van der Waals surface area contributed by atoms with E-state index >= 15 is 0 Å². The van der Waals surface area contributed by atoms with Crippen LogP contribution in [0.1, 0.15) is 81.1 Å². The second kappa shape index (κ2) is 11.3. The lowest BCUT2D eigenvalue weighted by Crippen LogP contribution is -2.45. The van der Waals surface area contributed by atoms with Crippen molar-refractivity contribution in [1.29, 1.82) is 0 Å². The Morgan fingerprint density at radius 2 is 1.56 bits per heavy atom. The van der Waals surface area contributed by atoms with Crippen molar-refractivity contribution in [1.82, 2.24) is 5.32 Å². The topological polar surface area (TPSA) is 73.9 Å². The van der Waals surface area contributed by atoms with Gasteiger partial charge >= 0.3 is 12.1 Å². The van der Waals surface area contributed by atoms with Crippen molar-refractivity contribution in [2.45, 2.75) is 97.8 Å². The first-order valence-electron chi connectivity index (χ1n) is 9.75. The van der Waals surface area contributed by atoms with Crippen LogP contribution in [-0.2, 0) is 19.0 Å². The molecule has 0 aromatic rings. The lowest BCUT2D eigenvalue weighted by Gasteiger charge is -2.29. The molecule has 0 atom stereocenters. The van der Waals surface area contributed by atoms with Gasteiger partial charge in [-0.3, -0.25) is 0 Å². The van der Waals surface area contributed by atoms with E-state index in [0.717, 1.165) is 25.7 Å². The Bertz CT molecular complexity index is 489. The number of esters is 1. The van der Waals surface area contributed by atoms with Gasteiger partial charge < -0.3 is 19.5 Å². The predicted octanol–water partition coefficient (Wildman–Crippen LogP) is 4.76. The number of rotatable bonds is 11. The number of ether oxygens (including phenoxy) is 3. The molecule has 0 saturated heterocycles. The van der Waals surface area contributed by atoms with Crippen LogP contribution >= 0.6 is 0 Å². The summed E-state index contributed by atoms with van der Waals surface area (Å²) < 4.78 is 16.0. The summed E-state index contributed by atoms with van der Waals surface area (Å²) in [5.74, 6) is -0.348. The molecule has 0 fully saturated rings. The molecule has 1 amide bonds. The van der Waals surface area contributed by atoms with Gasteiger partial charge in [0, 0.05) is 11.6 Å². The fraction of sp³-hybridized carbons (Fsp3) is 0.810.